The molecule has 0 saturated carbocycles. The van der Waals surface area contributed by atoms with E-state index in [1.165, 1.54) is 12.1 Å². The maximum Gasteiger partial charge on any atom is 0.124 e. The van der Waals surface area contributed by atoms with Gasteiger partial charge in [-0.25, -0.2) is 4.39 Å². The van der Waals surface area contributed by atoms with Gasteiger partial charge in [0.05, 0.1) is 6.61 Å². The third-order valence-corrected chi connectivity index (χ3v) is 2.84. The predicted octanol–water partition coefficient (Wildman–Crippen LogP) is 2.69. The van der Waals surface area contributed by atoms with Gasteiger partial charge in [0.15, 0.2) is 0 Å². The van der Waals surface area contributed by atoms with E-state index in [2.05, 4.69) is 0 Å². The molecule has 0 aliphatic carbocycles. The fourth-order valence-corrected chi connectivity index (χ4v) is 1.91. The van der Waals surface area contributed by atoms with Gasteiger partial charge in [-0.1, -0.05) is 17.7 Å². The molecule has 1 aromatic carbocycles. The molecule has 1 N–H and O–H groups in total. The Hall–Kier alpha value is -1.06. The molecule has 0 radical (unpaired) electrons. The molecule has 0 amide bonds. The molecular formula is C12H12ClFO2. The summed E-state index contributed by atoms with van der Waals surface area (Å²) in [6.45, 7) is 0.615. The summed E-state index contributed by atoms with van der Waals surface area (Å²) < 4.78 is 18.0. The Kier molecular flexibility index (Phi) is 3.46. The van der Waals surface area contributed by atoms with Crippen LogP contribution in [0, 0.1) is 5.82 Å². The number of rotatable bonds is 3. The number of aliphatic hydroxyl groups is 1. The summed E-state index contributed by atoms with van der Waals surface area (Å²) in [6, 6.07) is 4.15. The van der Waals surface area contributed by atoms with E-state index in [9.17, 15) is 9.50 Å². The minimum atomic E-state index is -0.703. The van der Waals surface area contributed by atoms with Crippen molar-refractivity contribution in [1.82, 2.24) is 0 Å². The van der Waals surface area contributed by atoms with Crippen LogP contribution >= 0.6 is 11.6 Å². The van der Waals surface area contributed by atoms with Crippen LogP contribution in [-0.2, 0) is 11.2 Å². The molecular weight excluding hydrogens is 231 g/mol. The molecule has 0 saturated heterocycles. The van der Waals surface area contributed by atoms with Crippen molar-refractivity contribution in [2.24, 2.45) is 0 Å². The van der Waals surface area contributed by atoms with Crippen molar-refractivity contribution in [1.29, 1.82) is 0 Å². The SMILES string of the molecule is OC(Cc1ccc(F)cc1Cl)C1=CCCO1. The van der Waals surface area contributed by atoms with Crippen LogP contribution in [0.1, 0.15) is 12.0 Å². The van der Waals surface area contributed by atoms with Gasteiger partial charge in [0.1, 0.15) is 17.7 Å². The lowest BCUT2D eigenvalue weighted by atomic mass is 10.1. The summed E-state index contributed by atoms with van der Waals surface area (Å²) in [6.07, 6.45) is 2.32. The van der Waals surface area contributed by atoms with Crippen molar-refractivity contribution < 1.29 is 14.2 Å². The van der Waals surface area contributed by atoms with E-state index < -0.39 is 6.10 Å². The van der Waals surface area contributed by atoms with Gasteiger partial charge in [0, 0.05) is 17.9 Å². The molecule has 0 fully saturated rings. The third-order valence-electron chi connectivity index (χ3n) is 2.49. The van der Waals surface area contributed by atoms with Gasteiger partial charge in [-0.15, -0.1) is 0 Å². The van der Waals surface area contributed by atoms with Crippen LogP contribution in [0.15, 0.2) is 30.0 Å². The Balaban J connectivity index is 2.08. The Morgan fingerprint density at radius 1 is 1.50 bits per heavy atom. The van der Waals surface area contributed by atoms with Gasteiger partial charge in [-0.05, 0) is 23.8 Å². The van der Waals surface area contributed by atoms with Crippen molar-refractivity contribution in [2.75, 3.05) is 6.61 Å². The van der Waals surface area contributed by atoms with Crippen molar-refractivity contribution in [2.45, 2.75) is 18.9 Å². The molecule has 0 aromatic heterocycles. The molecule has 1 aliphatic rings. The highest BCUT2D eigenvalue weighted by Crippen LogP contribution is 2.22. The standard InChI is InChI=1S/C12H12ClFO2/c13-10-7-9(14)4-3-8(10)6-11(15)12-2-1-5-16-12/h2-4,7,11,15H,1,5-6H2. The van der Waals surface area contributed by atoms with Crippen LogP contribution in [0.5, 0.6) is 0 Å². The minimum absolute atomic E-state index is 0.331. The van der Waals surface area contributed by atoms with E-state index in [1.807, 2.05) is 6.08 Å². The molecule has 1 atom stereocenters. The summed E-state index contributed by atoms with van der Waals surface area (Å²) >= 11 is 5.87. The number of benzene rings is 1. The lowest BCUT2D eigenvalue weighted by Gasteiger charge is -2.13. The van der Waals surface area contributed by atoms with E-state index in [-0.39, 0.29) is 5.82 Å². The molecule has 2 rings (SSSR count). The van der Waals surface area contributed by atoms with Crippen LogP contribution in [0.3, 0.4) is 0 Å². The minimum Gasteiger partial charge on any atom is -0.495 e. The van der Waals surface area contributed by atoms with E-state index in [1.54, 1.807) is 6.07 Å². The summed E-state index contributed by atoms with van der Waals surface area (Å²) in [7, 11) is 0. The molecule has 4 heteroatoms. The van der Waals surface area contributed by atoms with Crippen LogP contribution in [0.25, 0.3) is 0 Å². The number of hydrogen-bond donors (Lipinski definition) is 1. The van der Waals surface area contributed by atoms with Gasteiger partial charge in [0.25, 0.3) is 0 Å². The van der Waals surface area contributed by atoms with E-state index in [4.69, 9.17) is 16.3 Å². The Labute approximate surface area is 98.3 Å². The zero-order chi connectivity index (χ0) is 11.5. The lowest BCUT2D eigenvalue weighted by molar-refractivity contribution is 0.118. The molecule has 1 unspecified atom stereocenters. The van der Waals surface area contributed by atoms with Crippen molar-refractivity contribution in [3.05, 3.63) is 46.4 Å². The molecule has 1 heterocycles. The van der Waals surface area contributed by atoms with E-state index >= 15 is 0 Å². The zero-order valence-electron chi connectivity index (χ0n) is 8.62. The molecule has 0 spiro atoms. The Bertz CT molecular complexity index is 417. The Morgan fingerprint density at radius 3 is 2.94 bits per heavy atom. The number of ether oxygens (including phenoxy) is 1. The first-order valence-corrected chi connectivity index (χ1v) is 5.49. The maximum atomic E-state index is 12.8. The predicted molar refractivity (Wildman–Crippen MR) is 59.8 cm³/mol. The second-order valence-corrected chi connectivity index (χ2v) is 4.11. The third kappa shape index (κ3) is 2.54. The highest BCUT2D eigenvalue weighted by molar-refractivity contribution is 6.31. The zero-order valence-corrected chi connectivity index (χ0v) is 9.38. The second-order valence-electron chi connectivity index (χ2n) is 3.70. The molecule has 0 bridgehead atoms. The topological polar surface area (TPSA) is 29.5 Å². The summed E-state index contributed by atoms with van der Waals surface area (Å²) in [5, 5.41) is 10.2. The fourth-order valence-electron chi connectivity index (χ4n) is 1.67. The van der Waals surface area contributed by atoms with Crippen molar-refractivity contribution in [3.63, 3.8) is 0 Å². The fraction of sp³-hybridized carbons (Fsp3) is 0.333. The first-order valence-electron chi connectivity index (χ1n) is 5.11. The van der Waals surface area contributed by atoms with Gasteiger partial charge in [0.2, 0.25) is 0 Å². The Morgan fingerprint density at radius 2 is 2.31 bits per heavy atom. The van der Waals surface area contributed by atoms with E-state index in [0.29, 0.717) is 29.4 Å². The summed E-state index contributed by atoms with van der Waals surface area (Å²) in [5.74, 6) is 0.208. The number of hydrogen-bond acceptors (Lipinski definition) is 2. The van der Waals surface area contributed by atoms with Crippen molar-refractivity contribution in [3.8, 4) is 0 Å². The quantitative estimate of drug-likeness (QED) is 0.883. The lowest BCUT2D eigenvalue weighted by Crippen LogP contribution is -2.14. The second kappa shape index (κ2) is 4.85. The van der Waals surface area contributed by atoms with Gasteiger partial charge in [-0.3, -0.25) is 0 Å². The smallest absolute Gasteiger partial charge is 0.124 e. The summed E-state index contributed by atoms with van der Waals surface area (Å²) in [5.41, 5.74) is 0.715. The molecule has 1 aromatic rings. The first kappa shape index (κ1) is 11.4. The van der Waals surface area contributed by atoms with E-state index in [0.717, 1.165) is 6.42 Å². The summed E-state index contributed by atoms with van der Waals surface area (Å²) in [4.78, 5) is 0. The van der Waals surface area contributed by atoms with Gasteiger partial charge < -0.3 is 9.84 Å². The highest BCUT2D eigenvalue weighted by Gasteiger charge is 2.17. The maximum absolute atomic E-state index is 12.8. The normalized spacial score (nSPS) is 16.8. The van der Waals surface area contributed by atoms with Crippen molar-refractivity contribution >= 4 is 11.6 Å². The van der Waals surface area contributed by atoms with Crippen LogP contribution in [0.4, 0.5) is 4.39 Å². The van der Waals surface area contributed by atoms with Crippen LogP contribution in [-0.4, -0.2) is 17.8 Å². The van der Waals surface area contributed by atoms with Gasteiger partial charge in [-0.2, -0.15) is 0 Å². The molecule has 16 heavy (non-hydrogen) atoms. The average molecular weight is 243 g/mol. The van der Waals surface area contributed by atoms with Crippen LogP contribution < -0.4 is 0 Å². The van der Waals surface area contributed by atoms with Crippen LogP contribution in [0.2, 0.25) is 5.02 Å². The average Bonchev–Trinajstić information content (AvgIpc) is 2.75. The monoisotopic (exact) mass is 242 g/mol. The van der Waals surface area contributed by atoms with Gasteiger partial charge >= 0.3 is 0 Å². The molecule has 86 valence electrons. The molecule has 1 aliphatic heterocycles. The highest BCUT2D eigenvalue weighted by atomic mass is 35.5. The molecule has 2 nitrogen and oxygen atoms in total. The first-order chi connectivity index (χ1) is 7.66. The largest absolute Gasteiger partial charge is 0.495 e. The number of aliphatic hydroxyl groups excluding tert-OH is 1. The number of halogens is 2.